The van der Waals surface area contributed by atoms with Gasteiger partial charge in [0.1, 0.15) is 5.75 Å². The van der Waals surface area contributed by atoms with E-state index in [-0.39, 0.29) is 17.1 Å². The number of aromatic hydroxyl groups is 1. The third kappa shape index (κ3) is 5.39. The van der Waals surface area contributed by atoms with Crippen molar-refractivity contribution in [1.82, 2.24) is 5.43 Å². The lowest BCUT2D eigenvalue weighted by Crippen LogP contribution is -2.14. The average Bonchev–Trinajstić information content (AvgIpc) is 2.54. The molecule has 0 radical (unpaired) electrons. The van der Waals surface area contributed by atoms with Gasteiger partial charge in [0.2, 0.25) is 0 Å². The van der Waals surface area contributed by atoms with E-state index < -0.39 is 0 Å². The Labute approximate surface area is 142 Å². The van der Waals surface area contributed by atoms with Gasteiger partial charge in [0, 0.05) is 6.08 Å². The first-order valence-corrected chi connectivity index (χ1v) is 7.75. The number of nitrogens with one attached hydrogen (secondary N) is 1. The first-order valence-electron chi connectivity index (χ1n) is 7.75. The Morgan fingerprint density at radius 1 is 1.00 bits per heavy atom. The molecule has 2 rings (SSSR count). The van der Waals surface area contributed by atoms with Crippen LogP contribution in [0.25, 0.3) is 6.08 Å². The summed E-state index contributed by atoms with van der Waals surface area (Å²) in [5, 5.41) is 13.1. The molecule has 4 heteroatoms. The number of hydrogen-bond donors (Lipinski definition) is 2. The van der Waals surface area contributed by atoms with Gasteiger partial charge in [-0.05, 0) is 52.4 Å². The molecule has 0 heterocycles. The molecule has 0 aliphatic rings. The zero-order chi connectivity index (χ0) is 17.6. The van der Waals surface area contributed by atoms with Crippen molar-refractivity contribution in [2.45, 2.75) is 26.2 Å². The van der Waals surface area contributed by atoms with Crippen LogP contribution in [0.2, 0.25) is 0 Å². The molecule has 0 atom stereocenters. The summed E-state index contributed by atoms with van der Waals surface area (Å²) in [6.45, 7) is 6.49. The monoisotopic (exact) mass is 322 g/mol. The average molecular weight is 322 g/mol. The normalized spacial score (nSPS) is 12.0. The van der Waals surface area contributed by atoms with Crippen LogP contribution in [0.3, 0.4) is 0 Å². The number of phenolic OH excluding ortho intramolecular Hbond substituents is 1. The number of hydrazone groups is 1. The lowest BCUT2D eigenvalue weighted by Gasteiger charge is -2.18. The number of carbonyl (C=O) groups is 1. The van der Waals surface area contributed by atoms with E-state index >= 15 is 0 Å². The van der Waals surface area contributed by atoms with E-state index in [2.05, 4.69) is 43.4 Å². The molecule has 2 aromatic carbocycles. The minimum Gasteiger partial charge on any atom is -0.508 e. The van der Waals surface area contributed by atoms with Crippen molar-refractivity contribution in [2.24, 2.45) is 5.10 Å². The van der Waals surface area contributed by atoms with Crippen molar-refractivity contribution >= 4 is 18.2 Å². The Balaban J connectivity index is 1.89. The van der Waals surface area contributed by atoms with Gasteiger partial charge in [-0.2, -0.15) is 5.10 Å². The first kappa shape index (κ1) is 17.5. The summed E-state index contributed by atoms with van der Waals surface area (Å²) in [6.07, 6.45) is 4.71. The van der Waals surface area contributed by atoms with Gasteiger partial charge in [-0.3, -0.25) is 4.79 Å². The topological polar surface area (TPSA) is 61.7 Å². The molecule has 24 heavy (non-hydrogen) atoms. The highest BCUT2D eigenvalue weighted by Gasteiger charge is 2.12. The lowest BCUT2D eigenvalue weighted by atomic mass is 9.87. The standard InChI is InChI=1S/C20H22N2O2/c1-20(2,3)17-9-4-15(5-10-17)8-13-19(24)22-21-14-16-6-11-18(23)12-7-16/h4-14,23H,1-3H3,(H,22,24)/b13-8+,21-14+. The highest BCUT2D eigenvalue weighted by atomic mass is 16.3. The summed E-state index contributed by atoms with van der Waals surface area (Å²) in [4.78, 5) is 11.7. The fourth-order valence-electron chi connectivity index (χ4n) is 2.03. The van der Waals surface area contributed by atoms with E-state index in [9.17, 15) is 9.90 Å². The van der Waals surface area contributed by atoms with Gasteiger partial charge in [0.15, 0.2) is 0 Å². The van der Waals surface area contributed by atoms with Gasteiger partial charge in [-0.25, -0.2) is 5.43 Å². The smallest absolute Gasteiger partial charge is 0.264 e. The number of benzene rings is 2. The maximum absolute atomic E-state index is 11.7. The fourth-order valence-corrected chi connectivity index (χ4v) is 2.03. The van der Waals surface area contributed by atoms with Crippen molar-refractivity contribution in [3.63, 3.8) is 0 Å². The van der Waals surface area contributed by atoms with Crippen LogP contribution >= 0.6 is 0 Å². The van der Waals surface area contributed by atoms with Crippen LogP contribution in [0.1, 0.15) is 37.5 Å². The van der Waals surface area contributed by atoms with E-state index in [1.165, 1.54) is 17.9 Å². The first-order chi connectivity index (χ1) is 11.3. The van der Waals surface area contributed by atoms with E-state index in [0.29, 0.717) is 0 Å². The van der Waals surface area contributed by atoms with Crippen molar-refractivity contribution in [3.05, 3.63) is 71.3 Å². The van der Waals surface area contributed by atoms with Crippen LogP contribution in [0, 0.1) is 0 Å². The van der Waals surface area contributed by atoms with Crippen LogP contribution < -0.4 is 5.43 Å². The van der Waals surface area contributed by atoms with Crippen molar-refractivity contribution in [3.8, 4) is 5.75 Å². The maximum atomic E-state index is 11.7. The summed E-state index contributed by atoms with van der Waals surface area (Å²) in [6, 6.07) is 14.7. The number of hydrogen-bond acceptors (Lipinski definition) is 3. The minimum absolute atomic E-state index is 0.114. The lowest BCUT2D eigenvalue weighted by molar-refractivity contribution is -0.116. The second-order valence-corrected chi connectivity index (χ2v) is 6.53. The Morgan fingerprint density at radius 3 is 2.17 bits per heavy atom. The zero-order valence-electron chi connectivity index (χ0n) is 14.2. The second kappa shape index (κ2) is 7.59. The van der Waals surface area contributed by atoms with E-state index in [1.807, 2.05) is 12.1 Å². The number of rotatable bonds is 4. The SMILES string of the molecule is CC(C)(C)c1ccc(/C=C/C(=O)N/N=C/c2ccc(O)cc2)cc1. The molecule has 0 unspecified atom stereocenters. The Bertz CT molecular complexity index is 737. The van der Waals surface area contributed by atoms with Crippen LogP contribution in [0.5, 0.6) is 5.75 Å². The van der Waals surface area contributed by atoms with Gasteiger partial charge >= 0.3 is 0 Å². The van der Waals surface area contributed by atoms with Gasteiger partial charge in [-0.1, -0.05) is 45.0 Å². The van der Waals surface area contributed by atoms with Crippen LogP contribution in [-0.2, 0) is 10.2 Å². The molecule has 0 saturated carbocycles. The van der Waals surface area contributed by atoms with E-state index in [0.717, 1.165) is 11.1 Å². The summed E-state index contributed by atoms with van der Waals surface area (Å²) >= 11 is 0. The molecule has 4 nitrogen and oxygen atoms in total. The molecule has 0 aromatic heterocycles. The molecular formula is C20H22N2O2. The molecule has 2 N–H and O–H groups in total. The highest BCUT2D eigenvalue weighted by Crippen LogP contribution is 2.22. The van der Waals surface area contributed by atoms with E-state index in [1.54, 1.807) is 30.3 Å². The molecule has 0 aliphatic heterocycles. The van der Waals surface area contributed by atoms with Crippen molar-refractivity contribution in [2.75, 3.05) is 0 Å². The molecule has 0 spiro atoms. The quantitative estimate of drug-likeness (QED) is 0.510. The number of carbonyl (C=O) groups excluding carboxylic acids is 1. The second-order valence-electron chi connectivity index (χ2n) is 6.53. The molecule has 1 amide bonds. The molecule has 0 fully saturated rings. The summed E-state index contributed by atoms with van der Waals surface area (Å²) < 4.78 is 0. The molecule has 0 saturated heterocycles. The number of amides is 1. The Morgan fingerprint density at radius 2 is 1.58 bits per heavy atom. The summed E-state index contributed by atoms with van der Waals surface area (Å²) in [5.41, 5.74) is 5.54. The highest BCUT2D eigenvalue weighted by molar-refractivity contribution is 5.92. The van der Waals surface area contributed by atoms with Crippen LogP contribution in [0.4, 0.5) is 0 Å². The van der Waals surface area contributed by atoms with Gasteiger partial charge in [0.05, 0.1) is 6.21 Å². The maximum Gasteiger partial charge on any atom is 0.264 e. The van der Waals surface area contributed by atoms with Gasteiger partial charge in [-0.15, -0.1) is 0 Å². The summed E-state index contributed by atoms with van der Waals surface area (Å²) in [5.74, 6) is -0.110. The summed E-state index contributed by atoms with van der Waals surface area (Å²) in [7, 11) is 0. The molecule has 2 aromatic rings. The van der Waals surface area contributed by atoms with Crippen LogP contribution in [-0.4, -0.2) is 17.2 Å². The van der Waals surface area contributed by atoms with Gasteiger partial charge < -0.3 is 5.11 Å². The number of phenols is 1. The minimum atomic E-state index is -0.301. The largest absolute Gasteiger partial charge is 0.508 e. The Hall–Kier alpha value is -2.88. The number of nitrogens with zero attached hydrogens (tertiary/aromatic N) is 1. The predicted octanol–water partition coefficient (Wildman–Crippen LogP) is 3.85. The third-order valence-corrected chi connectivity index (χ3v) is 3.49. The molecule has 0 bridgehead atoms. The van der Waals surface area contributed by atoms with E-state index in [4.69, 9.17) is 0 Å². The molecule has 124 valence electrons. The van der Waals surface area contributed by atoms with Crippen molar-refractivity contribution in [1.29, 1.82) is 0 Å². The van der Waals surface area contributed by atoms with Crippen molar-refractivity contribution < 1.29 is 9.90 Å². The van der Waals surface area contributed by atoms with Crippen LogP contribution in [0.15, 0.2) is 59.7 Å². The Kier molecular flexibility index (Phi) is 5.53. The van der Waals surface area contributed by atoms with Gasteiger partial charge in [0.25, 0.3) is 5.91 Å². The third-order valence-electron chi connectivity index (χ3n) is 3.49. The molecule has 0 aliphatic carbocycles. The zero-order valence-corrected chi connectivity index (χ0v) is 14.2. The predicted molar refractivity (Wildman–Crippen MR) is 98.0 cm³/mol. The molecular weight excluding hydrogens is 300 g/mol. The fraction of sp³-hybridized carbons (Fsp3) is 0.200.